The number of hydrogen-bond donors (Lipinski definition) is 2. The first-order valence-corrected chi connectivity index (χ1v) is 5.70. The van der Waals surface area contributed by atoms with E-state index in [2.05, 4.69) is 21.7 Å². The lowest BCUT2D eigenvalue weighted by molar-refractivity contribution is 0.392. The zero-order valence-corrected chi connectivity index (χ0v) is 9.24. The van der Waals surface area contributed by atoms with Gasteiger partial charge in [-0.25, -0.2) is 4.98 Å². The minimum absolute atomic E-state index is 0.617. The highest BCUT2D eigenvalue weighted by molar-refractivity contribution is 5.51. The molecule has 4 nitrogen and oxygen atoms in total. The summed E-state index contributed by atoms with van der Waals surface area (Å²) in [6.45, 7) is 3.07. The minimum Gasteiger partial charge on any atom is -0.369 e. The van der Waals surface area contributed by atoms with Crippen molar-refractivity contribution in [2.24, 2.45) is 5.92 Å². The molecule has 4 heteroatoms. The van der Waals surface area contributed by atoms with Gasteiger partial charge in [0.05, 0.1) is 5.56 Å². The van der Waals surface area contributed by atoms with Gasteiger partial charge in [0.25, 0.3) is 0 Å². The van der Waals surface area contributed by atoms with Crippen LogP contribution in [0.1, 0.15) is 18.4 Å². The lowest BCUT2D eigenvalue weighted by Gasteiger charge is -2.23. The van der Waals surface area contributed by atoms with Gasteiger partial charge in [-0.1, -0.05) is 0 Å². The highest BCUT2D eigenvalue weighted by atomic mass is 15.0. The van der Waals surface area contributed by atoms with E-state index in [0.717, 1.165) is 19.6 Å². The maximum atomic E-state index is 8.91. The molecule has 16 heavy (non-hydrogen) atoms. The Morgan fingerprint density at radius 1 is 1.62 bits per heavy atom. The Kier molecular flexibility index (Phi) is 3.73. The van der Waals surface area contributed by atoms with E-state index in [4.69, 9.17) is 5.26 Å². The van der Waals surface area contributed by atoms with Gasteiger partial charge in [-0.2, -0.15) is 5.26 Å². The molecule has 1 saturated heterocycles. The number of rotatable bonds is 3. The summed E-state index contributed by atoms with van der Waals surface area (Å²) in [6, 6.07) is 5.71. The second kappa shape index (κ2) is 5.47. The van der Waals surface area contributed by atoms with Crippen LogP contribution in [0.3, 0.4) is 0 Å². The molecule has 2 rings (SSSR count). The van der Waals surface area contributed by atoms with E-state index in [-0.39, 0.29) is 0 Å². The fourth-order valence-electron chi connectivity index (χ4n) is 1.98. The molecule has 1 aromatic rings. The molecular formula is C12H16N4. The lowest BCUT2D eigenvalue weighted by atomic mass is 10.00. The topological polar surface area (TPSA) is 60.7 Å². The second-order valence-corrected chi connectivity index (χ2v) is 4.10. The average molecular weight is 216 g/mol. The summed E-state index contributed by atoms with van der Waals surface area (Å²) in [6.07, 6.45) is 4.19. The SMILES string of the molecule is N#Cc1cccnc1NC[C@H]1CCCNC1. The van der Waals surface area contributed by atoms with Crippen molar-refractivity contribution in [1.82, 2.24) is 10.3 Å². The molecule has 1 aromatic heterocycles. The Hall–Kier alpha value is -1.60. The van der Waals surface area contributed by atoms with E-state index in [9.17, 15) is 0 Å². The van der Waals surface area contributed by atoms with Crippen LogP contribution in [-0.4, -0.2) is 24.6 Å². The average Bonchev–Trinajstić information content (AvgIpc) is 2.38. The number of aromatic nitrogens is 1. The van der Waals surface area contributed by atoms with Crippen LogP contribution in [0.2, 0.25) is 0 Å². The molecule has 0 spiro atoms. The summed E-state index contributed by atoms with van der Waals surface area (Å²) in [7, 11) is 0. The number of hydrogen-bond acceptors (Lipinski definition) is 4. The first kappa shape index (κ1) is 10.9. The third-order valence-electron chi connectivity index (χ3n) is 2.89. The quantitative estimate of drug-likeness (QED) is 0.801. The number of nitriles is 1. The fourth-order valence-corrected chi connectivity index (χ4v) is 1.98. The van der Waals surface area contributed by atoms with Crippen molar-refractivity contribution in [3.8, 4) is 6.07 Å². The Labute approximate surface area is 95.7 Å². The van der Waals surface area contributed by atoms with Crippen LogP contribution >= 0.6 is 0 Å². The monoisotopic (exact) mass is 216 g/mol. The van der Waals surface area contributed by atoms with Crippen LogP contribution in [0.25, 0.3) is 0 Å². The van der Waals surface area contributed by atoms with Gasteiger partial charge in [0.2, 0.25) is 0 Å². The van der Waals surface area contributed by atoms with Gasteiger partial charge in [0, 0.05) is 12.7 Å². The van der Waals surface area contributed by atoms with E-state index >= 15 is 0 Å². The number of piperidine rings is 1. The predicted molar refractivity (Wildman–Crippen MR) is 63.0 cm³/mol. The Morgan fingerprint density at radius 3 is 3.31 bits per heavy atom. The zero-order valence-electron chi connectivity index (χ0n) is 9.24. The van der Waals surface area contributed by atoms with E-state index < -0.39 is 0 Å². The Balaban J connectivity index is 1.91. The fraction of sp³-hybridized carbons (Fsp3) is 0.500. The van der Waals surface area contributed by atoms with E-state index in [1.54, 1.807) is 18.3 Å². The summed E-state index contributed by atoms with van der Waals surface area (Å²) in [5, 5.41) is 15.5. The van der Waals surface area contributed by atoms with Crippen molar-refractivity contribution in [2.75, 3.05) is 25.0 Å². The molecule has 0 amide bonds. The van der Waals surface area contributed by atoms with E-state index in [1.807, 2.05) is 0 Å². The standard InChI is InChI=1S/C12H16N4/c13-7-11-4-2-6-15-12(11)16-9-10-3-1-5-14-8-10/h2,4,6,10,14H,1,3,5,8-9H2,(H,15,16)/t10-/m0/s1. The molecule has 1 fully saturated rings. The highest BCUT2D eigenvalue weighted by Gasteiger charge is 2.13. The molecule has 0 aromatic carbocycles. The van der Waals surface area contributed by atoms with E-state index in [1.165, 1.54) is 12.8 Å². The summed E-state index contributed by atoms with van der Waals surface area (Å²) in [5.74, 6) is 1.35. The lowest BCUT2D eigenvalue weighted by Crippen LogP contribution is -2.33. The molecule has 0 unspecified atom stereocenters. The molecule has 2 N–H and O–H groups in total. The molecule has 1 atom stereocenters. The van der Waals surface area contributed by atoms with Crippen molar-refractivity contribution in [3.63, 3.8) is 0 Å². The molecule has 0 saturated carbocycles. The van der Waals surface area contributed by atoms with E-state index in [0.29, 0.717) is 17.3 Å². The third kappa shape index (κ3) is 2.71. The minimum atomic E-state index is 0.617. The molecule has 2 heterocycles. The van der Waals surface area contributed by atoms with Crippen molar-refractivity contribution >= 4 is 5.82 Å². The Morgan fingerprint density at radius 2 is 2.56 bits per heavy atom. The van der Waals surface area contributed by atoms with Crippen LogP contribution in [0.4, 0.5) is 5.82 Å². The van der Waals surface area contributed by atoms with Crippen LogP contribution in [0, 0.1) is 17.2 Å². The Bertz CT molecular complexity index is 377. The molecule has 1 aliphatic rings. The molecule has 0 bridgehead atoms. The highest BCUT2D eigenvalue weighted by Crippen LogP contribution is 2.13. The van der Waals surface area contributed by atoms with Crippen LogP contribution in [0.15, 0.2) is 18.3 Å². The van der Waals surface area contributed by atoms with Gasteiger partial charge in [-0.05, 0) is 44.0 Å². The van der Waals surface area contributed by atoms with Crippen molar-refractivity contribution < 1.29 is 0 Å². The van der Waals surface area contributed by atoms with Crippen molar-refractivity contribution in [2.45, 2.75) is 12.8 Å². The summed E-state index contributed by atoms with van der Waals surface area (Å²) in [4.78, 5) is 4.18. The van der Waals surface area contributed by atoms with Gasteiger partial charge < -0.3 is 10.6 Å². The number of anilines is 1. The molecule has 84 valence electrons. The molecule has 1 aliphatic heterocycles. The molecular weight excluding hydrogens is 200 g/mol. The predicted octanol–water partition coefficient (Wildman–Crippen LogP) is 1.36. The van der Waals surface area contributed by atoms with Crippen molar-refractivity contribution in [1.29, 1.82) is 5.26 Å². The largest absolute Gasteiger partial charge is 0.369 e. The smallest absolute Gasteiger partial charge is 0.143 e. The summed E-state index contributed by atoms with van der Waals surface area (Å²) in [5.41, 5.74) is 0.617. The normalized spacial score (nSPS) is 20.1. The third-order valence-corrected chi connectivity index (χ3v) is 2.89. The number of pyridine rings is 1. The van der Waals surface area contributed by atoms with Gasteiger partial charge in [-0.3, -0.25) is 0 Å². The maximum Gasteiger partial charge on any atom is 0.143 e. The molecule has 0 aliphatic carbocycles. The number of nitrogens with one attached hydrogen (secondary N) is 2. The summed E-state index contributed by atoms with van der Waals surface area (Å²) < 4.78 is 0. The first-order chi connectivity index (χ1) is 7.90. The second-order valence-electron chi connectivity index (χ2n) is 4.10. The van der Waals surface area contributed by atoms with Crippen LogP contribution in [-0.2, 0) is 0 Å². The number of nitrogens with zero attached hydrogens (tertiary/aromatic N) is 2. The maximum absolute atomic E-state index is 8.91. The van der Waals surface area contributed by atoms with Crippen molar-refractivity contribution in [3.05, 3.63) is 23.9 Å². The van der Waals surface area contributed by atoms with Gasteiger partial charge in [-0.15, -0.1) is 0 Å². The first-order valence-electron chi connectivity index (χ1n) is 5.70. The van der Waals surface area contributed by atoms with Crippen LogP contribution in [0.5, 0.6) is 0 Å². The van der Waals surface area contributed by atoms with Crippen LogP contribution < -0.4 is 10.6 Å². The van der Waals surface area contributed by atoms with Gasteiger partial charge >= 0.3 is 0 Å². The van der Waals surface area contributed by atoms with Gasteiger partial charge in [0.1, 0.15) is 11.9 Å². The zero-order chi connectivity index (χ0) is 11.2. The van der Waals surface area contributed by atoms with Gasteiger partial charge in [0.15, 0.2) is 0 Å². The summed E-state index contributed by atoms with van der Waals surface area (Å²) >= 11 is 0. The molecule has 0 radical (unpaired) electrons.